The molecule has 0 rings (SSSR count). The minimum absolute atomic E-state index is 0.0492. The molecule has 4 heteroatoms. The van der Waals surface area contributed by atoms with E-state index in [1.165, 1.54) is 0 Å². The van der Waals surface area contributed by atoms with E-state index in [4.69, 9.17) is 10.5 Å². The van der Waals surface area contributed by atoms with Gasteiger partial charge in [-0.25, -0.2) is 0 Å². The van der Waals surface area contributed by atoms with E-state index in [1.54, 1.807) is 13.8 Å². The van der Waals surface area contributed by atoms with Crippen LogP contribution < -0.4 is 5.73 Å². The predicted molar refractivity (Wildman–Crippen MR) is 43.2 cm³/mol. The maximum atomic E-state index is 10.5. The fraction of sp³-hybridized carbons (Fsp3) is 0.800. The van der Waals surface area contributed by atoms with E-state index in [9.17, 15) is 4.79 Å². The minimum Gasteiger partial charge on any atom is -0.448 e. The summed E-state index contributed by atoms with van der Waals surface area (Å²) in [5.74, 6) is -0.366. The average Bonchev–Trinajstić information content (AvgIpc) is 1.62. The lowest BCUT2D eigenvalue weighted by atomic mass is 10.5. The van der Waals surface area contributed by atoms with Crippen LogP contribution in [0.3, 0.4) is 0 Å². The summed E-state index contributed by atoms with van der Waals surface area (Å²) in [5.41, 5.74) is 5.00. The van der Waals surface area contributed by atoms with Gasteiger partial charge in [0.2, 0.25) is 0 Å². The Morgan fingerprint density at radius 3 is 2.33 bits per heavy atom. The van der Waals surface area contributed by atoms with Crippen LogP contribution in [0, 0.1) is 0 Å². The summed E-state index contributed by atoms with van der Waals surface area (Å²) < 4.78 is 4.37. The molecule has 0 atom stereocenters. The summed E-state index contributed by atoms with van der Waals surface area (Å²) in [6.07, 6.45) is 0. The van der Waals surface area contributed by atoms with Gasteiger partial charge >= 0.3 is 5.97 Å². The molecule has 0 radical (unpaired) electrons. The van der Waals surface area contributed by atoms with Gasteiger partial charge < -0.3 is 10.5 Å². The van der Waals surface area contributed by atoms with Crippen molar-refractivity contribution in [3.63, 3.8) is 0 Å². The lowest BCUT2D eigenvalue weighted by Gasteiger charge is -2.16. The van der Waals surface area contributed by atoms with Crippen LogP contribution in [0.4, 0.5) is 0 Å². The van der Waals surface area contributed by atoms with E-state index >= 15 is 0 Å². The SMILES string of the molecule is CC(C)(I)OC(=O)CN. The van der Waals surface area contributed by atoms with Crippen molar-refractivity contribution in [3.05, 3.63) is 0 Å². The number of esters is 1. The monoisotopic (exact) mass is 243 g/mol. The summed E-state index contributed by atoms with van der Waals surface area (Å²) in [6, 6.07) is 0. The molecule has 0 heterocycles. The van der Waals surface area contributed by atoms with Gasteiger partial charge in [0.15, 0.2) is 3.61 Å². The lowest BCUT2D eigenvalue weighted by molar-refractivity contribution is -0.146. The van der Waals surface area contributed by atoms with Crippen LogP contribution in [0.15, 0.2) is 0 Å². The van der Waals surface area contributed by atoms with Crippen LogP contribution in [0.25, 0.3) is 0 Å². The molecule has 0 aromatic rings. The summed E-state index contributed by atoms with van der Waals surface area (Å²) in [4.78, 5) is 10.5. The number of nitrogens with two attached hydrogens (primary N) is 1. The number of hydrogen-bond donors (Lipinski definition) is 1. The van der Waals surface area contributed by atoms with Crippen molar-refractivity contribution in [1.29, 1.82) is 0 Å². The Hall–Kier alpha value is 0.160. The first-order chi connectivity index (χ1) is 3.95. The minimum atomic E-state index is -0.436. The number of hydrogen-bond acceptors (Lipinski definition) is 3. The van der Waals surface area contributed by atoms with Gasteiger partial charge in [0.25, 0.3) is 0 Å². The zero-order valence-electron chi connectivity index (χ0n) is 5.48. The first kappa shape index (κ1) is 9.16. The molecule has 0 saturated carbocycles. The Labute approximate surface area is 68.1 Å². The van der Waals surface area contributed by atoms with Crippen molar-refractivity contribution in [2.45, 2.75) is 17.5 Å². The standard InChI is InChI=1S/C5H10INO2/c1-5(2,6)9-4(8)3-7/h3,7H2,1-2H3. The fourth-order valence-corrected chi connectivity index (χ4v) is 0.558. The quantitative estimate of drug-likeness (QED) is 0.440. The molecule has 0 aromatic heterocycles. The largest absolute Gasteiger partial charge is 0.448 e. The molecule has 2 N–H and O–H groups in total. The highest BCUT2D eigenvalue weighted by Gasteiger charge is 2.16. The van der Waals surface area contributed by atoms with Gasteiger partial charge in [-0.3, -0.25) is 4.79 Å². The molecule has 0 aromatic carbocycles. The molecule has 0 spiro atoms. The zero-order valence-corrected chi connectivity index (χ0v) is 7.64. The van der Waals surface area contributed by atoms with Crippen LogP contribution in [-0.4, -0.2) is 16.1 Å². The van der Waals surface area contributed by atoms with Gasteiger partial charge in [-0.05, 0) is 36.4 Å². The molecule has 0 unspecified atom stereocenters. The summed E-state index contributed by atoms with van der Waals surface area (Å²) >= 11 is 2.02. The predicted octanol–water partition coefficient (Wildman–Crippen LogP) is 0.659. The third-order valence-electron chi connectivity index (χ3n) is 0.523. The van der Waals surface area contributed by atoms with Crippen LogP contribution in [-0.2, 0) is 9.53 Å². The number of carbonyl (C=O) groups excluding carboxylic acids is 1. The smallest absolute Gasteiger partial charge is 0.321 e. The average molecular weight is 243 g/mol. The molecule has 0 bridgehead atoms. The van der Waals surface area contributed by atoms with Crippen LogP contribution in [0.2, 0.25) is 0 Å². The Bertz CT molecular complexity index is 108. The van der Waals surface area contributed by atoms with Gasteiger partial charge in [0.1, 0.15) is 0 Å². The fourth-order valence-electron chi connectivity index (χ4n) is 0.312. The van der Waals surface area contributed by atoms with E-state index < -0.39 is 3.61 Å². The summed E-state index contributed by atoms with van der Waals surface area (Å²) in [6.45, 7) is 3.54. The van der Waals surface area contributed by atoms with E-state index in [0.717, 1.165) is 0 Å². The van der Waals surface area contributed by atoms with Crippen molar-refractivity contribution in [1.82, 2.24) is 0 Å². The van der Waals surface area contributed by atoms with Crippen LogP contribution in [0.5, 0.6) is 0 Å². The molecular weight excluding hydrogens is 233 g/mol. The zero-order chi connectivity index (χ0) is 7.49. The third-order valence-corrected chi connectivity index (χ3v) is 0.743. The first-order valence-corrected chi connectivity index (χ1v) is 3.64. The number of halogens is 1. The number of carbonyl (C=O) groups is 1. The number of rotatable bonds is 2. The third kappa shape index (κ3) is 6.04. The van der Waals surface area contributed by atoms with Crippen molar-refractivity contribution in [2.24, 2.45) is 5.73 Å². The highest BCUT2D eigenvalue weighted by atomic mass is 127. The normalized spacial score (nSPS) is 11.1. The summed E-state index contributed by atoms with van der Waals surface area (Å²) in [5, 5.41) is 0. The highest BCUT2D eigenvalue weighted by Crippen LogP contribution is 2.17. The molecule has 0 aliphatic rings. The molecule has 0 aliphatic heterocycles. The summed E-state index contributed by atoms with van der Waals surface area (Å²) in [7, 11) is 0. The Kier molecular flexibility index (Phi) is 3.42. The first-order valence-electron chi connectivity index (χ1n) is 2.56. The Balaban J connectivity index is 3.60. The molecule has 54 valence electrons. The second-order valence-corrected chi connectivity index (χ2v) is 4.64. The van der Waals surface area contributed by atoms with Crippen LogP contribution in [0.1, 0.15) is 13.8 Å². The van der Waals surface area contributed by atoms with Crippen molar-refractivity contribution < 1.29 is 9.53 Å². The van der Waals surface area contributed by atoms with Crippen molar-refractivity contribution >= 4 is 28.6 Å². The van der Waals surface area contributed by atoms with Crippen LogP contribution >= 0.6 is 22.6 Å². The molecule has 0 aliphatic carbocycles. The molecule has 0 fully saturated rings. The number of alkyl halides is 1. The second kappa shape index (κ2) is 3.36. The van der Waals surface area contributed by atoms with Gasteiger partial charge in [-0.2, -0.15) is 0 Å². The van der Waals surface area contributed by atoms with E-state index in [2.05, 4.69) is 0 Å². The Morgan fingerprint density at radius 2 is 2.22 bits per heavy atom. The highest BCUT2D eigenvalue weighted by molar-refractivity contribution is 14.1. The molecule has 0 saturated heterocycles. The van der Waals surface area contributed by atoms with Gasteiger partial charge in [0.05, 0.1) is 6.54 Å². The van der Waals surface area contributed by atoms with Crippen molar-refractivity contribution in [2.75, 3.05) is 6.54 Å². The van der Waals surface area contributed by atoms with E-state index in [1.807, 2.05) is 22.6 Å². The maximum Gasteiger partial charge on any atom is 0.321 e. The van der Waals surface area contributed by atoms with E-state index in [0.29, 0.717) is 0 Å². The number of ether oxygens (including phenoxy) is 1. The topological polar surface area (TPSA) is 52.3 Å². The molecule has 0 amide bonds. The second-order valence-electron chi connectivity index (χ2n) is 2.04. The van der Waals surface area contributed by atoms with Gasteiger partial charge in [-0.15, -0.1) is 0 Å². The molecule has 9 heavy (non-hydrogen) atoms. The Morgan fingerprint density at radius 1 is 1.78 bits per heavy atom. The maximum absolute atomic E-state index is 10.5. The van der Waals surface area contributed by atoms with E-state index in [-0.39, 0.29) is 12.5 Å². The molecular formula is C5H10INO2. The van der Waals surface area contributed by atoms with Crippen molar-refractivity contribution in [3.8, 4) is 0 Å². The lowest BCUT2D eigenvalue weighted by Crippen LogP contribution is -2.25. The molecule has 3 nitrogen and oxygen atoms in total. The van der Waals surface area contributed by atoms with Gasteiger partial charge in [-0.1, -0.05) is 0 Å². The van der Waals surface area contributed by atoms with Gasteiger partial charge in [0, 0.05) is 0 Å².